The molecule has 0 saturated carbocycles. The molecule has 3 heterocycles. The van der Waals surface area contributed by atoms with E-state index in [1.54, 1.807) is 30.2 Å². The smallest absolute Gasteiger partial charge is 0.253 e. The van der Waals surface area contributed by atoms with E-state index in [1.807, 2.05) is 0 Å². The molecule has 23 heavy (non-hydrogen) atoms. The summed E-state index contributed by atoms with van der Waals surface area (Å²) < 4.78 is 2.87. The number of aryl methyl sites for hydroxylation is 1. The molecule has 0 saturated heterocycles. The molecule has 1 N–H and O–H groups in total. The highest BCUT2D eigenvalue weighted by Gasteiger charge is 2.07. The zero-order valence-corrected chi connectivity index (χ0v) is 12.2. The van der Waals surface area contributed by atoms with Gasteiger partial charge in [-0.05, 0) is 6.92 Å². The fraction of sp³-hybridized carbons (Fsp3) is 0.143. The van der Waals surface area contributed by atoms with Crippen LogP contribution in [-0.4, -0.2) is 35.0 Å². The van der Waals surface area contributed by atoms with Gasteiger partial charge < -0.3 is 5.32 Å². The highest BCUT2D eigenvalue weighted by molar-refractivity contribution is 5.90. The van der Waals surface area contributed by atoms with E-state index in [4.69, 9.17) is 0 Å². The van der Waals surface area contributed by atoms with Gasteiger partial charge in [-0.25, -0.2) is 19.9 Å². The van der Waals surface area contributed by atoms with Gasteiger partial charge in [0.2, 0.25) is 11.9 Å². The van der Waals surface area contributed by atoms with Crippen LogP contribution < -0.4 is 10.9 Å². The van der Waals surface area contributed by atoms with Crippen LogP contribution in [0.15, 0.2) is 48.3 Å². The first-order chi connectivity index (χ1) is 11.1. The summed E-state index contributed by atoms with van der Waals surface area (Å²) in [5, 5.41) is 2.63. The number of imidazole rings is 1. The van der Waals surface area contributed by atoms with E-state index in [0.29, 0.717) is 17.3 Å². The van der Waals surface area contributed by atoms with E-state index >= 15 is 0 Å². The molecular weight excluding hydrogens is 298 g/mol. The van der Waals surface area contributed by atoms with Crippen molar-refractivity contribution in [1.82, 2.24) is 29.1 Å². The molecule has 0 unspecified atom stereocenters. The van der Waals surface area contributed by atoms with Gasteiger partial charge in [0, 0.05) is 24.2 Å². The number of nitrogens with one attached hydrogen (secondary N) is 1. The Morgan fingerprint density at radius 1 is 1.22 bits per heavy atom. The Kier molecular flexibility index (Phi) is 3.91. The second kappa shape index (κ2) is 6.18. The summed E-state index contributed by atoms with van der Waals surface area (Å²) >= 11 is 0. The fourth-order valence-corrected chi connectivity index (χ4v) is 1.89. The summed E-state index contributed by atoms with van der Waals surface area (Å²) in [5.41, 5.74) is 0.765. The van der Waals surface area contributed by atoms with Gasteiger partial charge in [-0.2, -0.15) is 0 Å². The Morgan fingerprint density at radius 3 is 2.65 bits per heavy atom. The number of carbonyl (C=O) groups is 1. The van der Waals surface area contributed by atoms with Crippen molar-refractivity contribution >= 4 is 11.6 Å². The third kappa shape index (κ3) is 3.46. The molecule has 9 nitrogen and oxygen atoms in total. The molecule has 3 aromatic rings. The molecule has 116 valence electrons. The van der Waals surface area contributed by atoms with E-state index in [-0.39, 0.29) is 18.0 Å². The average Bonchev–Trinajstić information content (AvgIpc) is 3.05. The van der Waals surface area contributed by atoms with Gasteiger partial charge in [0.15, 0.2) is 0 Å². The maximum absolute atomic E-state index is 12.0. The van der Waals surface area contributed by atoms with Crippen molar-refractivity contribution in [3.63, 3.8) is 0 Å². The molecule has 0 fully saturated rings. The number of hydrogen-bond acceptors (Lipinski definition) is 6. The predicted octanol–water partition coefficient (Wildman–Crippen LogP) is 0.166. The van der Waals surface area contributed by atoms with Crippen molar-refractivity contribution in [2.45, 2.75) is 13.5 Å². The van der Waals surface area contributed by atoms with Crippen LogP contribution in [0.3, 0.4) is 0 Å². The van der Waals surface area contributed by atoms with Crippen LogP contribution in [0.2, 0.25) is 0 Å². The van der Waals surface area contributed by atoms with Crippen molar-refractivity contribution < 1.29 is 4.79 Å². The molecule has 0 aliphatic carbocycles. The Morgan fingerprint density at radius 2 is 2.00 bits per heavy atom. The SMILES string of the molecule is Cc1cc(=O)n(CC(=O)Nc2cnc(-n3ccnc3)nc2)cn1. The molecule has 3 aromatic heterocycles. The molecule has 0 aliphatic heterocycles. The number of amides is 1. The van der Waals surface area contributed by atoms with Gasteiger partial charge in [-0.3, -0.25) is 18.7 Å². The molecule has 3 rings (SSSR count). The van der Waals surface area contributed by atoms with Gasteiger partial charge in [0.05, 0.1) is 24.4 Å². The molecule has 0 atom stereocenters. The Balaban J connectivity index is 1.67. The average molecular weight is 311 g/mol. The lowest BCUT2D eigenvalue weighted by molar-refractivity contribution is -0.116. The summed E-state index contributed by atoms with van der Waals surface area (Å²) in [4.78, 5) is 39.8. The van der Waals surface area contributed by atoms with E-state index in [1.165, 1.54) is 29.4 Å². The number of rotatable bonds is 4. The second-order valence-electron chi connectivity index (χ2n) is 4.79. The zero-order valence-electron chi connectivity index (χ0n) is 12.2. The zero-order chi connectivity index (χ0) is 16.2. The summed E-state index contributed by atoms with van der Waals surface area (Å²) in [6, 6.07) is 1.37. The third-order valence-electron chi connectivity index (χ3n) is 2.99. The standard InChI is InChI=1S/C14H13N7O2/c1-10-4-13(23)21(9-18-10)7-12(22)19-11-5-16-14(17-6-11)20-3-2-15-8-20/h2-6,8-9H,7H2,1H3,(H,19,22). The molecular formula is C14H13N7O2. The maximum Gasteiger partial charge on any atom is 0.253 e. The van der Waals surface area contributed by atoms with Crippen LogP contribution in [0, 0.1) is 6.92 Å². The summed E-state index contributed by atoms with van der Waals surface area (Å²) in [6.45, 7) is 1.58. The first-order valence-corrected chi connectivity index (χ1v) is 6.75. The van der Waals surface area contributed by atoms with Crippen molar-refractivity contribution in [3.05, 3.63) is 59.6 Å². The highest BCUT2D eigenvalue weighted by Crippen LogP contribution is 2.05. The van der Waals surface area contributed by atoms with E-state index in [9.17, 15) is 9.59 Å². The molecule has 0 aromatic carbocycles. The van der Waals surface area contributed by atoms with Crippen LogP contribution in [0.25, 0.3) is 5.95 Å². The quantitative estimate of drug-likeness (QED) is 0.735. The fourth-order valence-electron chi connectivity index (χ4n) is 1.89. The van der Waals surface area contributed by atoms with Crippen LogP contribution in [-0.2, 0) is 11.3 Å². The van der Waals surface area contributed by atoms with Gasteiger partial charge in [-0.15, -0.1) is 0 Å². The van der Waals surface area contributed by atoms with E-state index < -0.39 is 0 Å². The van der Waals surface area contributed by atoms with Crippen molar-refractivity contribution in [1.29, 1.82) is 0 Å². The maximum atomic E-state index is 12.0. The van der Waals surface area contributed by atoms with Crippen LogP contribution in [0.1, 0.15) is 5.69 Å². The highest BCUT2D eigenvalue weighted by atomic mass is 16.2. The Hall–Kier alpha value is -3.36. The van der Waals surface area contributed by atoms with E-state index in [2.05, 4.69) is 25.3 Å². The minimum atomic E-state index is -0.364. The number of anilines is 1. The minimum Gasteiger partial charge on any atom is -0.322 e. The van der Waals surface area contributed by atoms with Gasteiger partial charge in [0.25, 0.3) is 5.56 Å². The van der Waals surface area contributed by atoms with Crippen LogP contribution in [0.5, 0.6) is 0 Å². The van der Waals surface area contributed by atoms with Crippen LogP contribution in [0.4, 0.5) is 5.69 Å². The summed E-state index contributed by atoms with van der Waals surface area (Å²) in [6.07, 6.45) is 9.21. The third-order valence-corrected chi connectivity index (χ3v) is 2.99. The van der Waals surface area contributed by atoms with Crippen molar-refractivity contribution in [3.8, 4) is 5.95 Å². The summed E-state index contributed by atoms with van der Waals surface area (Å²) in [5.74, 6) is 0.0798. The first-order valence-electron chi connectivity index (χ1n) is 6.75. The predicted molar refractivity (Wildman–Crippen MR) is 81.0 cm³/mol. The number of nitrogens with zero attached hydrogens (tertiary/aromatic N) is 6. The minimum absolute atomic E-state index is 0.130. The molecule has 1 amide bonds. The lowest BCUT2D eigenvalue weighted by atomic mass is 10.4. The largest absolute Gasteiger partial charge is 0.322 e. The number of hydrogen-bond donors (Lipinski definition) is 1. The van der Waals surface area contributed by atoms with Crippen molar-refractivity contribution in [2.75, 3.05) is 5.32 Å². The van der Waals surface area contributed by atoms with E-state index in [0.717, 1.165) is 0 Å². The molecule has 0 aliphatic rings. The molecule has 0 radical (unpaired) electrons. The van der Waals surface area contributed by atoms with Gasteiger partial charge >= 0.3 is 0 Å². The topological polar surface area (TPSA) is 108 Å². The van der Waals surface area contributed by atoms with Gasteiger partial charge in [0.1, 0.15) is 12.9 Å². The summed E-state index contributed by atoms with van der Waals surface area (Å²) in [7, 11) is 0. The lowest BCUT2D eigenvalue weighted by Gasteiger charge is -2.07. The monoisotopic (exact) mass is 311 g/mol. The van der Waals surface area contributed by atoms with Gasteiger partial charge in [-0.1, -0.05) is 0 Å². The molecule has 0 spiro atoms. The Labute approximate surface area is 130 Å². The Bertz CT molecular complexity index is 869. The molecule has 0 bridgehead atoms. The van der Waals surface area contributed by atoms with Crippen LogP contribution >= 0.6 is 0 Å². The second-order valence-corrected chi connectivity index (χ2v) is 4.79. The first kappa shape index (κ1) is 14.6. The lowest BCUT2D eigenvalue weighted by Crippen LogP contribution is -2.27. The normalized spacial score (nSPS) is 10.5. The number of aromatic nitrogens is 6. The molecule has 9 heteroatoms. The number of carbonyl (C=O) groups excluding carboxylic acids is 1. The van der Waals surface area contributed by atoms with Crippen molar-refractivity contribution in [2.24, 2.45) is 0 Å².